The number of para-hydroxylation sites is 1. The number of carbonyl (C=O) groups is 1. The Morgan fingerprint density at radius 2 is 2.15 bits per heavy atom. The molecule has 0 aliphatic carbocycles. The van der Waals surface area contributed by atoms with Gasteiger partial charge in [-0.25, -0.2) is 0 Å². The summed E-state index contributed by atoms with van der Waals surface area (Å²) in [5, 5.41) is 0.827. The van der Waals surface area contributed by atoms with Crippen LogP contribution in [0, 0.1) is 0 Å². The third-order valence-electron chi connectivity index (χ3n) is 1.90. The number of carbonyl (C=O) groups excluding carboxylic acids is 1. The van der Waals surface area contributed by atoms with Gasteiger partial charge in [0.15, 0.2) is 5.78 Å². The van der Waals surface area contributed by atoms with Crippen LogP contribution in [0.15, 0.2) is 34.9 Å². The van der Waals surface area contributed by atoms with Gasteiger partial charge in [-0.05, 0) is 6.07 Å². The van der Waals surface area contributed by atoms with E-state index in [1.165, 1.54) is 6.26 Å². The molecule has 2 aromatic rings. The Hall–Kier alpha value is -1.28. The van der Waals surface area contributed by atoms with Crippen molar-refractivity contribution in [3.8, 4) is 0 Å². The van der Waals surface area contributed by atoms with Gasteiger partial charge in [0.25, 0.3) is 0 Å². The zero-order valence-electron chi connectivity index (χ0n) is 6.79. The highest BCUT2D eigenvalue weighted by Gasteiger charge is 2.11. The lowest BCUT2D eigenvalue weighted by molar-refractivity contribution is 0.102. The topological polar surface area (TPSA) is 30.2 Å². The third-order valence-corrected chi connectivity index (χ3v) is 2.15. The van der Waals surface area contributed by atoms with E-state index in [-0.39, 0.29) is 11.7 Å². The molecule has 0 radical (unpaired) electrons. The summed E-state index contributed by atoms with van der Waals surface area (Å²) in [6, 6.07) is 7.39. The van der Waals surface area contributed by atoms with Gasteiger partial charge in [-0.3, -0.25) is 4.79 Å². The van der Waals surface area contributed by atoms with Crippen LogP contribution in [-0.2, 0) is 0 Å². The molecule has 0 N–H and O–H groups in total. The minimum atomic E-state index is -0.105. The van der Waals surface area contributed by atoms with Crippen LogP contribution in [0.1, 0.15) is 10.4 Å². The molecule has 0 bridgehead atoms. The predicted octanol–water partition coefficient (Wildman–Crippen LogP) is 2.85. The van der Waals surface area contributed by atoms with Crippen molar-refractivity contribution in [1.82, 2.24) is 0 Å². The Labute approximate surface area is 80.1 Å². The van der Waals surface area contributed by atoms with E-state index in [0.29, 0.717) is 5.56 Å². The molecule has 0 aliphatic rings. The summed E-state index contributed by atoms with van der Waals surface area (Å²) in [6.07, 6.45) is 1.45. The molecule has 0 aliphatic heterocycles. The summed E-state index contributed by atoms with van der Waals surface area (Å²) in [4.78, 5) is 11.3. The number of halogens is 1. The van der Waals surface area contributed by atoms with Gasteiger partial charge < -0.3 is 4.42 Å². The number of benzene rings is 1. The van der Waals surface area contributed by atoms with Crippen LogP contribution in [0.2, 0.25) is 0 Å². The highest BCUT2D eigenvalue weighted by Crippen LogP contribution is 2.21. The Kier molecular flexibility index (Phi) is 2.07. The molecule has 0 spiro atoms. The lowest BCUT2D eigenvalue weighted by Gasteiger charge is -1.90. The second-order valence-corrected chi connectivity index (χ2v) is 2.97. The van der Waals surface area contributed by atoms with E-state index in [4.69, 9.17) is 16.0 Å². The largest absolute Gasteiger partial charge is 0.464 e. The summed E-state index contributed by atoms with van der Waals surface area (Å²) in [7, 11) is 0. The summed E-state index contributed by atoms with van der Waals surface area (Å²) < 4.78 is 5.19. The molecule has 0 amide bonds. The second-order valence-electron chi connectivity index (χ2n) is 2.70. The molecule has 66 valence electrons. The molecule has 3 heteroatoms. The fourth-order valence-corrected chi connectivity index (χ4v) is 1.41. The average Bonchev–Trinajstić information content (AvgIpc) is 2.60. The first-order chi connectivity index (χ1) is 6.33. The fourth-order valence-electron chi connectivity index (χ4n) is 1.27. The van der Waals surface area contributed by atoms with Crippen molar-refractivity contribution < 1.29 is 9.21 Å². The van der Waals surface area contributed by atoms with E-state index in [0.717, 1.165) is 11.0 Å². The average molecular weight is 195 g/mol. The van der Waals surface area contributed by atoms with Crippen molar-refractivity contribution >= 4 is 28.4 Å². The van der Waals surface area contributed by atoms with Crippen LogP contribution >= 0.6 is 11.6 Å². The minimum Gasteiger partial charge on any atom is -0.464 e. The lowest BCUT2D eigenvalue weighted by Crippen LogP contribution is -1.97. The maximum atomic E-state index is 11.3. The Morgan fingerprint density at radius 3 is 2.92 bits per heavy atom. The lowest BCUT2D eigenvalue weighted by atomic mass is 10.1. The fraction of sp³-hybridized carbons (Fsp3) is 0.100. The Morgan fingerprint density at radius 1 is 1.38 bits per heavy atom. The van der Waals surface area contributed by atoms with Crippen molar-refractivity contribution in [1.29, 1.82) is 0 Å². The first-order valence-corrected chi connectivity index (χ1v) is 4.42. The maximum Gasteiger partial charge on any atom is 0.181 e. The first kappa shape index (κ1) is 8.32. The molecule has 2 nitrogen and oxygen atoms in total. The highest BCUT2D eigenvalue weighted by atomic mass is 35.5. The summed E-state index contributed by atoms with van der Waals surface area (Å²) in [5.41, 5.74) is 1.28. The molecule has 0 unspecified atom stereocenters. The van der Waals surface area contributed by atoms with E-state index in [1.54, 1.807) is 0 Å². The number of furan rings is 1. The predicted molar refractivity (Wildman–Crippen MR) is 51.3 cm³/mol. The molecule has 1 aromatic heterocycles. The van der Waals surface area contributed by atoms with Gasteiger partial charge in [0.2, 0.25) is 0 Å². The minimum absolute atomic E-state index is 0.0104. The van der Waals surface area contributed by atoms with Gasteiger partial charge >= 0.3 is 0 Å². The van der Waals surface area contributed by atoms with Crippen LogP contribution in [0.5, 0.6) is 0 Å². The molecule has 1 aromatic carbocycles. The molecular weight excluding hydrogens is 188 g/mol. The van der Waals surface area contributed by atoms with Gasteiger partial charge in [-0.2, -0.15) is 0 Å². The number of ketones is 1. The number of hydrogen-bond donors (Lipinski definition) is 0. The molecule has 13 heavy (non-hydrogen) atoms. The van der Waals surface area contributed by atoms with Gasteiger partial charge in [0.1, 0.15) is 11.8 Å². The zero-order chi connectivity index (χ0) is 9.26. The standard InChI is InChI=1S/C10H7ClO2/c11-5-9(12)8-6-13-10-4-2-1-3-7(8)10/h1-4,6H,5H2. The van der Waals surface area contributed by atoms with Crippen molar-refractivity contribution in [3.63, 3.8) is 0 Å². The van der Waals surface area contributed by atoms with E-state index < -0.39 is 0 Å². The summed E-state index contributed by atoms with van der Waals surface area (Å²) >= 11 is 5.45. The molecule has 2 rings (SSSR count). The Balaban J connectivity index is 2.64. The zero-order valence-corrected chi connectivity index (χ0v) is 7.54. The van der Waals surface area contributed by atoms with Crippen molar-refractivity contribution in [2.45, 2.75) is 0 Å². The molecule has 1 heterocycles. The SMILES string of the molecule is O=C(CCl)c1coc2ccccc12. The number of rotatable bonds is 2. The van der Waals surface area contributed by atoms with Crippen LogP contribution in [0.3, 0.4) is 0 Å². The highest BCUT2D eigenvalue weighted by molar-refractivity contribution is 6.31. The van der Waals surface area contributed by atoms with Gasteiger partial charge in [0.05, 0.1) is 11.4 Å². The number of fused-ring (bicyclic) bond motifs is 1. The van der Waals surface area contributed by atoms with Gasteiger partial charge in [-0.15, -0.1) is 11.6 Å². The van der Waals surface area contributed by atoms with Crippen molar-refractivity contribution in [3.05, 3.63) is 36.1 Å². The first-order valence-electron chi connectivity index (χ1n) is 3.88. The van der Waals surface area contributed by atoms with E-state index in [9.17, 15) is 4.79 Å². The van der Waals surface area contributed by atoms with E-state index in [2.05, 4.69) is 0 Å². The maximum absolute atomic E-state index is 11.3. The molecule has 0 saturated heterocycles. The van der Waals surface area contributed by atoms with Crippen molar-refractivity contribution in [2.24, 2.45) is 0 Å². The third kappa shape index (κ3) is 1.33. The van der Waals surface area contributed by atoms with Crippen LogP contribution in [0.4, 0.5) is 0 Å². The molecular formula is C10H7ClO2. The van der Waals surface area contributed by atoms with Crippen LogP contribution < -0.4 is 0 Å². The number of Topliss-reactive ketones (excluding diaryl/α,β-unsaturated/α-hetero) is 1. The van der Waals surface area contributed by atoms with E-state index in [1.807, 2.05) is 24.3 Å². The van der Waals surface area contributed by atoms with Gasteiger partial charge in [0, 0.05) is 5.39 Å². The molecule has 0 atom stereocenters. The summed E-state index contributed by atoms with van der Waals surface area (Å²) in [5.74, 6) is -0.115. The smallest absolute Gasteiger partial charge is 0.181 e. The number of hydrogen-bond acceptors (Lipinski definition) is 2. The monoisotopic (exact) mass is 194 g/mol. The summed E-state index contributed by atoms with van der Waals surface area (Å²) in [6.45, 7) is 0. The molecule has 0 saturated carbocycles. The second kappa shape index (κ2) is 3.23. The van der Waals surface area contributed by atoms with Crippen molar-refractivity contribution in [2.75, 3.05) is 5.88 Å². The van der Waals surface area contributed by atoms with Crippen LogP contribution in [-0.4, -0.2) is 11.7 Å². The number of alkyl halides is 1. The normalized spacial score (nSPS) is 10.5. The van der Waals surface area contributed by atoms with Crippen LogP contribution in [0.25, 0.3) is 11.0 Å². The van der Waals surface area contributed by atoms with Gasteiger partial charge in [-0.1, -0.05) is 18.2 Å². The Bertz CT molecular complexity index is 445. The van der Waals surface area contributed by atoms with E-state index >= 15 is 0 Å². The quantitative estimate of drug-likeness (QED) is 0.544. The molecule has 0 fully saturated rings.